The molecule has 4 rings (SSSR count). The van der Waals surface area contributed by atoms with Crippen molar-refractivity contribution in [2.75, 3.05) is 18.4 Å². The van der Waals surface area contributed by atoms with Crippen LogP contribution in [0.15, 0.2) is 18.7 Å². The van der Waals surface area contributed by atoms with E-state index >= 15 is 0 Å². The Morgan fingerprint density at radius 1 is 1.24 bits per heavy atom. The van der Waals surface area contributed by atoms with Gasteiger partial charge in [0.25, 0.3) is 0 Å². The number of anilines is 1. The molecule has 0 amide bonds. The molecule has 0 aromatic carbocycles. The molecule has 14 heteroatoms. The molecule has 2 fully saturated rings. The van der Waals surface area contributed by atoms with E-state index in [1.54, 1.807) is 0 Å². The molecule has 0 radical (unpaired) electrons. The third kappa shape index (κ3) is 5.26. The highest BCUT2D eigenvalue weighted by Crippen LogP contribution is 2.36. The maximum atomic E-state index is 14.8. The molecule has 1 aliphatic heterocycles. The van der Waals surface area contributed by atoms with Crippen LogP contribution in [0.4, 0.5) is 27.9 Å². The van der Waals surface area contributed by atoms with Crippen molar-refractivity contribution in [3.8, 4) is 11.4 Å². The Morgan fingerprint density at radius 3 is 2.58 bits per heavy atom. The molecule has 3 heterocycles. The van der Waals surface area contributed by atoms with E-state index in [9.17, 15) is 30.4 Å². The van der Waals surface area contributed by atoms with Crippen molar-refractivity contribution in [1.82, 2.24) is 23.8 Å². The molecule has 1 aliphatic carbocycles. The monoisotopic (exact) mass is 494 g/mol. The molecule has 1 unspecified atom stereocenters. The van der Waals surface area contributed by atoms with Crippen LogP contribution in [0.2, 0.25) is 0 Å². The zero-order chi connectivity index (χ0) is 24.0. The molecular formula is C19H23F5N6O2S. The van der Waals surface area contributed by atoms with Crippen molar-refractivity contribution in [3.05, 3.63) is 24.3 Å². The number of nitrogens with zero attached hydrogens (tertiary/aromatic N) is 5. The van der Waals surface area contributed by atoms with Gasteiger partial charge in [-0.1, -0.05) is 0 Å². The quantitative estimate of drug-likeness (QED) is 0.595. The summed E-state index contributed by atoms with van der Waals surface area (Å²) in [6.45, 7) is 0.977. The minimum atomic E-state index is -4.77. The summed E-state index contributed by atoms with van der Waals surface area (Å²) in [6.07, 6.45) is -3.31. The molecule has 2 aromatic rings. The lowest BCUT2D eigenvalue weighted by atomic mass is 10.1. The summed E-state index contributed by atoms with van der Waals surface area (Å²) in [5, 5.41) is 2.25. The van der Waals surface area contributed by atoms with Gasteiger partial charge >= 0.3 is 6.18 Å². The second-order valence-electron chi connectivity index (χ2n) is 8.35. The lowest BCUT2D eigenvalue weighted by Gasteiger charge is -2.34. The maximum Gasteiger partial charge on any atom is 0.420 e. The van der Waals surface area contributed by atoms with Gasteiger partial charge in [0.15, 0.2) is 0 Å². The first kappa shape index (κ1) is 23.8. The Bertz CT molecular complexity index is 1100. The second-order valence-corrected chi connectivity index (χ2v) is 10.6. The van der Waals surface area contributed by atoms with E-state index < -0.39 is 51.1 Å². The number of rotatable bonds is 7. The van der Waals surface area contributed by atoms with E-state index in [1.165, 1.54) is 24.0 Å². The van der Waals surface area contributed by atoms with Crippen molar-refractivity contribution >= 4 is 16.0 Å². The average Bonchev–Trinajstić information content (AvgIpc) is 3.49. The van der Waals surface area contributed by atoms with Crippen molar-refractivity contribution < 1.29 is 30.4 Å². The first-order valence-electron chi connectivity index (χ1n) is 10.4. The standard InChI is InChI=1S/C19H23F5N6O2S/c1-11(20)7-29-9-16(26-10-29)17-13(19(22,23)24)6-25-18(28-17)27-15-4-5-30(8-14(15)21)33(31,32)12-2-3-12/h6,9-12,14-15H,2-5,7-8H2,1H3,(H,25,27,28)/t11?,14-,15+/m1/s1. The Kier molecular flexibility index (Phi) is 6.33. The van der Waals surface area contributed by atoms with Gasteiger partial charge in [-0.2, -0.15) is 17.5 Å². The molecule has 8 nitrogen and oxygen atoms in total. The number of alkyl halides is 5. The maximum absolute atomic E-state index is 14.8. The van der Waals surface area contributed by atoms with Crippen LogP contribution in [-0.2, 0) is 22.7 Å². The highest BCUT2D eigenvalue weighted by molar-refractivity contribution is 7.90. The molecule has 1 N–H and O–H groups in total. The summed E-state index contributed by atoms with van der Waals surface area (Å²) in [5.41, 5.74) is -1.78. The van der Waals surface area contributed by atoms with Crippen LogP contribution in [0.3, 0.4) is 0 Å². The Morgan fingerprint density at radius 2 is 1.97 bits per heavy atom. The summed E-state index contributed by atoms with van der Waals surface area (Å²) in [5.74, 6) is -0.238. The third-order valence-electron chi connectivity index (χ3n) is 5.56. The van der Waals surface area contributed by atoms with Gasteiger partial charge in [0.05, 0.1) is 24.2 Å². The lowest BCUT2D eigenvalue weighted by Crippen LogP contribution is -2.50. The summed E-state index contributed by atoms with van der Waals surface area (Å²) < 4.78 is 95.6. The number of imidazole rings is 1. The van der Waals surface area contributed by atoms with Gasteiger partial charge in [0.2, 0.25) is 16.0 Å². The third-order valence-corrected chi connectivity index (χ3v) is 7.92. The van der Waals surface area contributed by atoms with E-state index in [0.717, 1.165) is 4.31 Å². The lowest BCUT2D eigenvalue weighted by molar-refractivity contribution is -0.137. The van der Waals surface area contributed by atoms with Crippen molar-refractivity contribution in [3.63, 3.8) is 0 Å². The van der Waals surface area contributed by atoms with Gasteiger partial charge in [0.1, 0.15) is 29.3 Å². The fourth-order valence-electron chi connectivity index (χ4n) is 3.74. The number of hydrogen-bond donors (Lipinski definition) is 1. The number of sulfonamides is 1. The second kappa shape index (κ2) is 8.78. The van der Waals surface area contributed by atoms with E-state index in [0.29, 0.717) is 19.0 Å². The molecule has 1 saturated heterocycles. The first-order chi connectivity index (χ1) is 15.4. The Hall–Kier alpha value is -2.35. The van der Waals surface area contributed by atoms with E-state index in [-0.39, 0.29) is 37.7 Å². The predicted octanol–water partition coefficient (Wildman–Crippen LogP) is 3.03. The highest BCUT2D eigenvalue weighted by Gasteiger charge is 2.44. The van der Waals surface area contributed by atoms with Gasteiger partial charge in [-0.3, -0.25) is 0 Å². The van der Waals surface area contributed by atoms with Crippen LogP contribution in [0, 0.1) is 0 Å². The van der Waals surface area contributed by atoms with Gasteiger partial charge in [-0.15, -0.1) is 0 Å². The normalized spacial score (nSPS) is 23.5. The molecule has 2 aliphatic rings. The minimum absolute atomic E-state index is 0.0869. The van der Waals surface area contributed by atoms with Gasteiger partial charge in [-0.05, 0) is 26.2 Å². The molecule has 3 atom stereocenters. The van der Waals surface area contributed by atoms with Gasteiger partial charge < -0.3 is 9.88 Å². The van der Waals surface area contributed by atoms with Gasteiger partial charge in [0, 0.05) is 25.5 Å². The zero-order valence-corrected chi connectivity index (χ0v) is 18.5. The fourth-order valence-corrected chi connectivity index (χ4v) is 5.60. The molecule has 0 spiro atoms. The minimum Gasteiger partial charge on any atom is -0.348 e. The average molecular weight is 494 g/mol. The molecular weight excluding hydrogens is 471 g/mol. The number of piperidine rings is 1. The molecule has 33 heavy (non-hydrogen) atoms. The number of hydrogen-bond acceptors (Lipinski definition) is 6. The highest BCUT2D eigenvalue weighted by atomic mass is 32.2. The largest absolute Gasteiger partial charge is 0.420 e. The van der Waals surface area contributed by atoms with Crippen molar-refractivity contribution in [2.24, 2.45) is 0 Å². The van der Waals surface area contributed by atoms with E-state index in [2.05, 4.69) is 20.3 Å². The van der Waals surface area contributed by atoms with Crippen LogP contribution in [-0.4, -0.2) is 69.0 Å². The topological polar surface area (TPSA) is 93.0 Å². The zero-order valence-electron chi connectivity index (χ0n) is 17.6. The van der Waals surface area contributed by atoms with Crippen LogP contribution in [0.25, 0.3) is 11.4 Å². The fraction of sp³-hybridized carbons (Fsp3) is 0.632. The summed E-state index contributed by atoms with van der Waals surface area (Å²) in [4.78, 5) is 11.5. The first-order valence-corrected chi connectivity index (χ1v) is 12.0. The number of halogens is 5. The number of nitrogens with one attached hydrogen (secondary N) is 1. The summed E-state index contributed by atoms with van der Waals surface area (Å²) in [6, 6.07) is -0.870. The van der Waals surface area contributed by atoms with Crippen LogP contribution >= 0.6 is 0 Å². The smallest absolute Gasteiger partial charge is 0.348 e. The Balaban J connectivity index is 1.54. The SMILES string of the molecule is CC(F)Cn1cnc(-c2nc(N[C@H]3CCN(S(=O)(=O)C4CC4)C[C@H]3F)ncc2C(F)(F)F)c1. The van der Waals surface area contributed by atoms with E-state index in [1.807, 2.05) is 0 Å². The van der Waals surface area contributed by atoms with Crippen LogP contribution in [0.1, 0.15) is 31.7 Å². The Labute approximate surface area is 187 Å². The molecule has 2 aromatic heterocycles. The van der Waals surface area contributed by atoms with E-state index in [4.69, 9.17) is 0 Å². The predicted molar refractivity (Wildman–Crippen MR) is 109 cm³/mol. The number of aromatic nitrogens is 4. The molecule has 1 saturated carbocycles. The van der Waals surface area contributed by atoms with Crippen LogP contribution < -0.4 is 5.32 Å². The summed E-state index contributed by atoms with van der Waals surface area (Å²) in [7, 11) is -3.52. The van der Waals surface area contributed by atoms with Gasteiger partial charge in [-0.25, -0.2) is 32.2 Å². The molecule has 182 valence electrons. The van der Waals surface area contributed by atoms with Crippen molar-refractivity contribution in [2.45, 2.75) is 62.5 Å². The molecule has 0 bridgehead atoms. The summed E-state index contributed by atoms with van der Waals surface area (Å²) >= 11 is 0. The van der Waals surface area contributed by atoms with Crippen LogP contribution in [0.5, 0.6) is 0 Å². The van der Waals surface area contributed by atoms with Crippen molar-refractivity contribution in [1.29, 1.82) is 0 Å².